The summed E-state index contributed by atoms with van der Waals surface area (Å²) in [6.07, 6.45) is 9.84. The molecular weight excluding hydrogens is 230 g/mol. The molecule has 1 aromatic rings. The molecule has 2 fully saturated rings. The quantitative estimate of drug-likeness (QED) is 0.819. The van der Waals surface area contributed by atoms with Crippen LogP contribution in [0.5, 0.6) is 0 Å². The van der Waals surface area contributed by atoms with Crippen molar-refractivity contribution in [2.24, 2.45) is 5.92 Å². The standard InChI is InChI=1S/C18H27N/c1-14(13-15-11-12-15)19-18-10-6-5-9-17(18)16-7-3-2-4-8-16/h2-4,7-8,14-15,17-19H,5-6,9-13H2,1H3. The van der Waals surface area contributed by atoms with Gasteiger partial charge in [-0.05, 0) is 43.6 Å². The van der Waals surface area contributed by atoms with Crippen molar-refractivity contribution in [3.8, 4) is 0 Å². The molecule has 19 heavy (non-hydrogen) atoms. The fourth-order valence-electron chi connectivity index (χ4n) is 3.72. The molecule has 0 spiro atoms. The Hall–Kier alpha value is -0.820. The Morgan fingerprint density at radius 1 is 1.05 bits per heavy atom. The highest BCUT2D eigenvalue weighted by Crippen LogP contribution is 2.36. The first-order chi connectivity index (χ1) is 9.33. The zero-order chi connectivity index (χ0) is 13.1. The van der Waals surface area contributed by atoms with E-state index in [1.54, 1.807) is 5.56 Å². The third kappa shape index (κ3) is 3.60. The molecule has 0 saturated heterocycles. The van der Waals surface area contributed by atoms with Gasteiger partial charge < -0.3 is 5.32 Å². The number of hydrogen-bond acceptors (Lipinski definition) is 1. The van der Waals surface area contributed by atoms with Crippen molar-refractivity contribution in [1.82, 2.24) is 5.32 Å². The van der Waals surface area contributed by atoms with E-state index in [9.17, 15) is 0 Å². The van der Waals surface area contributed by atoms with Crippen molar-refractivity contribution in [3.05, 3.63) is 35.9 Å². The second-order valence-electron chi connectivity index (χ2n) is 6.65. The van der Waals surface area contributed by atoms with Crippen LogP contribution in [0.2, 0.25) is 0 Å². The van der Waals surface area contributed by atoms with E-state index in [2.05, 4.69) is 42.6 Å². The highest BCUT2D eigenvalue weighted by Gasteiger charge is 2.29. The van der Waals surface area contributed by atoms with Crippen molar-refractivity contribution in [1.29, 1.82) is 0 Å². The molecule has 0 heterocycles. The Balaban J connectivity index is 1.63. The average molecular weight is 257 g/mol. The second-order valence-corrected chi connectivity index (χ2v) is 6.65. The summed E-state index contributed by atoms with van der Waals surface area (Å²) in [5, 5.41) is 3.94. The molecule has 0 amide bonds. The van der Waals surface area contributed by atoms with Gasteiger partial charge in [0, 0.05) is 12.1 Å². The highest BCUT2D eigenvalue weighted by atomic mass is 15.0. The molecule has 0 radical (unpaired) electrons. The number of benzene rings is 1. The maximum absolute atomic E-state index is 3.94. The van der Waals surface area contributed by atoms with Crippen LogP contribution in [0.25, 0.3) is 0 Å². The predicted octanol–water partition coefficient (Wildman–Crippen LogP) is 4.49. The Morgan fingerprint density at radius 2 is 1.79 bits per heavy atom. The van der Waals surface area contributed by atoms with E-state index in [0.29, 0.717) is 12.1 Å². The summed E-state index contributed by atoms with van der Waals surface area (Å²) in [6.45, 7) is 2.38. The number of hydrogen-bond donors (Lipinski definition) is 1. The van der Waals surface area contributed by atoms with Crippen LogP contribution in [-0.2, 0) is 0 Å². The van der Waals surface area contributed by atoms with Gasteiger partial charge in [0.25, 0.3) is 0 Å². The average Bonchev–Trinajstić information content (AvgIpc) is 3.24. The molecule has 2 aliphatic carbocycles. The summed E-state index contributed by atoms with van der Waals surface area (Å²) in [6, 6.07) is 12.5. The van der Waals surface area contributed by atoms with Gasteiger partial charge in [-0.2, -0.15) is 0 Å². The molecule has 1 heteroatoms. The minimum absolute atomic E-state index is 0.696. The second kappa shape index (κ2) is 6.09. The Morgan fingerprint density at radius 3 is 2.53 bits per heavy atom. The van der Waals surface area contributed by atoms with Gasteiger partial charge in [-0.1, -0.05) is 56.0 Å². The molecule has 2 aliphatic rings. The molecule has 3 unspecified atom stereocenters. The van der Waals surface area contributed by atoms with Crippen LogP contribution in [0.1, 0.15) is 63.4 Å². The number of nitrogens with one attached hydrogen (secondary N) is 1. The molecule has 0 aromatic heterocycles. The summed E-state index contributed by atoms with van der Waals surface area (Å²) in [5.41, 5.74) is 1.54. The van der Waals surface area contributed by atoms with E-state index >= 15 is 0 Å². The third-order valence-electron chi connectivity index (χ3n) is 4.88. The first-order valence-electron chi connectivity index (χ1n) is 8.14. The first kappa shape index (κ1) is 13.2. The van der Waals surface area contributed by atoms with E-state index in [1.165, 1.54) is 44.9 Å². The molecule has 0 aliphatic heterocycles. The third-order valence-corrected chi connectivity index (χ3v) is 4.88. The van der Waals surface area contributed by atoms with Gasteiger partial charge in [0.05, 0.1) is 0 Å². The molecule has 1 N–H and O–H groups in total. The van der Waals surface area contributed by atoms with Crippen molar-refractivity contribution in [3.63, 3.8) is 0 Å². The summed E-state index contributed by atoms with van der Waals surface area (Å²) in [4.78, 5) is 0. The molecule has 3 rings (SSSR count). The molecular formula is C18H27N. The van der Waals surface area contributed by atoms with Gasteiger partial charge in [0.2, 0.25) is 0 Å². The number of rotatable bonds is 5. The Kier molecular flexibility index (Phi) is 4.22. The van der Waals surface area contributed by atoms with Gasteiger partial charge >= 0.3 is 0 Å². The molecule has 1 aromatic carbocycles. The van der Waals surface area contributed by atoms with Gasteiger partial charge in [0.1, 0.15) is 0 Å². The minimum atomic E-state index is 0.696. The van der Waals surface area contributed by atoms with Crippen LogP contribution in [-0.4, -0.2) is 12.1 Å². The van der Waals surface area contributed by atoms with Crippen LogP contribution in [0, 0.1) is 5.92 Å². The van der Waals surface area contributed by atoms with Gasteiger partial charge in [-0.15, -0.1) is 0 Å². The predicted molar refractivity (Wildman–Crippen MR) is 81.4 cm³/mol. The molecule has 104 valence electrons. The van der Waals surface area contributed by atoms with Crippen molar-refractivity contribution in [2.45, 2.75) is 69.9 Å². The maximum atomic E-state index is 3.94. The molecule has 1 nitrogen and oxygen atoms in total. The molecule has 3 atom stereocenters. The zero-order valence-electron chi connectivity index (χ0n) is 12.1. The highest BCUT2D eigenvalue weighted by molar-refractivity contribution is 5.22. The summed E-state index contributed by atoms with van der Waals surface area (Å²) in [5.74, 6) is 1.76. The van der Waals surface area contributed by atoms with Crippen molar-refractivity contribution < 1.29 is 0 Å². The van der Waals surface area contributed by atoms with Crippen LogP contribution in [0.3, 0.4) is 0 Å². The fraction of sp³-hybridized carbons (Fsp3) is 0.667. The fourth-order valence-corrected chi connectivity index (χ4v) is 3.72. The van der Waals surface area contributed by atoms with E-state index < -0.39 is 0 Å². The smallest absolute Gasteiger partial charge is 0.0138 e. The Labute approximate surface area is 117 Å². The topological polar surface area (TPSA) is 12.0 Å². The normalized spacial score (nSPS) is 29.1. The van der Waals surface area contributed by atoms with E-state index in [-0.39, 0.29) is 0 Å². The lowest BCUT2D eigenvalue weighted by molar-refractivity contribution is 0.295. The minimum Gasteiger partial charge on any atom is -0.311 e. The summed E-state index contributed by atoms with van der Waals surface area (Å²) in [7, 11) is 0. The van der Waals surface area contributed by atoms with Crippen LogP contribution < -0.4 is 5.32 Å². The molecule has 0 bridgehead atoms. The first-order valence-corrected chi connectivity index (χ1v) is 8.14. The van der Waals surface area contributed by atoms with Crippen molar-refractivity contribution >= 4 is 0 Å². The monoisotopic (exact) mass is 257 g/mol. The van der Waals surface area contributed by atoms with Gasteiger partial charge in [-0.25, -0.2) is 0 Å². The SMILES string of the molecule is CC(CC1CC1)NC1CCCCC1c1ccccc1. The lowest BCUT2D eigenvalue weighted by Gasteiger charge is -2.35. The lowest BCUT2D eigenvalue weighted by Crippen LogP contribution is -2.42. The largest absolute Gasteiger partial charge is 0.311 e. The van der Waals surface area contributed by atoms with Crippen LogP contribution in [0.15, 0.2) is 30.3 Å². The van der Waals surface area contributed by atoms with E-state index in [1.807, 2.05) is 0 Å². The van der Waals surface area contributed by atoms with Gasteiger partial charge in [-0.3, -0.25) is 0 Å². The van der Waals surface area contributed by atoms with Crippen LogP contribution in [0.4, 0.5) is 0 Å². The molecule has 2 saturated carbocycles. The zero-order valence-corrected chi connectivity index (χ0v) is 12.1. The van der Waals surface area contributed by atoms with E-state index in [4.69, 9.17) is 0 Å². The van der Waals surface area contributed by atoms with E-state index in [0.717, 1.165) is 11.8 Å². The van der Waals surface area contributed by atoms with Crippen LogP contribution >= 0.6 is 0 Å². The van der Waals surface area contributed by atoms with Crippen molar-refractivity contribution in [2.75, 3.05) is 0 Å². The summed E-state index contributed by atoms with van der Waals surface area (Å²) >= 11 is 0. The lowest BCUT2D eigenvalue weighted by atomic mass is 9.79. The Bertz CT molecular complexity index is 382. The van der Waals surface area contributed by atoms with Gasteiger partial charge in [0.15, 0.2) is 0 Å². The summed E-state index contributed by atoms with van der Waals surface area (Å²) < 4.78 is 0. The maximum Gasteiger partial charge on any atom is 0.0138 e.